The van der Waals surface area contributed by atoms with E-state index in [0.29, 0.717) is 11.6 Å². The molecule has 1 saturated carbocycles. The fourth-order valence-corrected chi connectivity index (χ4v) is 4.91. The normalized spacial score (nSPS) is 20.2. The number of rotatable bonds is 10. The van der Waals surface area contributed by atoms with Crippen LogP contribution in [0.4, 0.5) is 0 Å². The highest BCUT2D eigenvalue weighted by molar-refractivity contribution is 6.30. The fourth-order valence-electron chi connectivity index (χ4n) is 4.78. The third-order valence-electron chi connectivity index (χ3n) is 7.11. The van der Waals surface area contributed by atoms with Gasteiger partial charge in [-0.3, -0.25) is 9.59 Å². The average molecular weight is 484 g/mol. The number of halogens is 1. The van der Waals surface area contributed by atoms with Crippen molar-refractivity contribution in [1.82, 2.24) is 15.5 Å². The van der Waals surface area contributed by atoms with Gasteiger partial charge in [-0.05, 0) is 82.8 Å². The molecule has 0 heterocycles. The minimum Gasteiger partial charge on any atom is -0.356 e. The van der Waals surface area contributed by atoms with Gasteiger partial charge in [-0.15, -0.1) is 0 Å². The van der Waals surface area contributed by atoms with E-state index in [1.807, 2.05) is 24.3 Å². The summed E-state index contributed by atoms with van der Waals surface area (Å²) in [4.78, 5) is 26.9. The molecule has 1 fully saturated rings. The lowest BCUT2D eigenvalue weighted by Gasteiger charge is -2.45. The molecule has 6 heteroatoms. The van der Waals surface area contributed by atoms with Crippen LogP contribution in [-0.4, -0.2) is 48.9 Å². The van der Waals surface area contributed by atoms with Crippen molar-refractivity contribution in [2.45, 2.75) is 69.9 Å². The fraction of sp³-hybridized carbons (Fsp3) is 0.500. The minimum absolute atomic E-state index is 0.0336. The summed E-state index contributed by atoms with van der Waals surface area (Å²) in [5.74, 6) is -0.119. The van der Waals surface area contributed by atoms with E-state index in [1.54, 1.807) is 0 Å². The molecule has 1 aliphatic rings. The molecular weight excluding hydrogens is 446 g/mol. The summed E-state index contributed by atoms with van der Waals surface area (Å²) in [5.41, 5.74) is 3.89. The topological polar surface area (TPSA) is 61.4 Å². The molecule has 2 amide bonds. The van der Waals surface area contributed by atoms with Crippen LogP contribution < -0.4 is 10.6 Å². The summed E-state index contributed by atoms with van der Waals surface area (Å²) in [7, 11) is 4.33. The van der Waals surface area contributed by atoms with E-state index < -0.39 is 0 Å². The number of hydrogen-bond acceptors (Lipinski definition) is 3. The van der Waals surface area contributed by atoms with E-state index >= 15 is 0 Å². The molecule has 2 aromatic carbocycles. The van der Waals surface area contributed by atoms with E-state index in [1.165, 1.54) is 11.1 Å². The number of carbonyl (C=O) groups excluding carboxylic acids is 2. The van der Waals surface area contributed by atoms with Crippen LogP contribution >= 0.6 is 11.6 Å². The van der Waals surface area contributed by atoms with Crippen molar-refractivity contribution in [3.05, 3.63) is 70.2 Å². The number of amides is 2. The first-order valence-electron chi connectivity index (χ1n) is 12.3. The molecule has 5 nitrogen and oxygen atoms in total. The van der Waals surface area contributed by atoms with Crippen LogP contribution in [0.1, 0.15) is 55.2 Å². The lowest BCUT2D eigenvalue weighted by Crippen LogP contribution is -2.52. The molecule has 0 spiro atoms. The van der Waals surface area contributed by atoms with Gasteiger partial charge in [0.05, 0.1) is 0 Å². The smallest absolute Gasteiger partial charge is 0.220 e. The van der Waals surface area contributed by atoms with Crippen molar-refractivity contribution in [1.29, 1.82) is 0 Å². The Balaban J connectivity index is 1.37. The number of hydrogen-bond donors (Lipinski definition) is 2. The lowest BCUT2D eigenvalue weighted by molar-refractivity contribution is -0.127. The Kier molecular flexibility index (Phi) is 9.54. The molecule has 184 valence electrons. The second kappa shape index (κ2) is 12.4. The van der Waals surface area contributed by atoms with E-state index in [2.05, 4.69) is 60.8 Å². The van der Waals surface area contributed by atoms with Gasteiger partial charge in [0.1, 0.15) is 0 Å². The molecule has 0 radical (unpaired) electrons. The summed E-state index contributed by atoms with van der Waals surface area (Å²) < 4.78 is 0. The lowest BCUT2D eigenvalue weighted by atomic mass is 9.74. The summed E-state index contributed by atoms with van der Waals surface area (Å²) in [5, 5.41) is 6.76. The predicted octanol–water partition coefficient (Wildman–Crippen LogP) is 4.69. The van der Waals surface area contributed by atoms with Crippen molar-refractivity contribution in [2.75, 3.05) is 20.6 Å². The number of benzene rings is 2. The second-order valence-corrected chi connectivity index (χ2v) is 10.3. The summed E-state index contributed by atoms with van der Waals surface area (Å²) in [6.07, 6.45) is 6.23. The van der Waals surface area contributed by atoms with Gasteiger partial charge in [0.15, 0.2) is 0 Å². The average Bonchev–Trinajstić information content (AvgIpc) is 2.82. The summed E-state index contributed by atoms with van der Waals surface area (Å²) in [6, 6.07) is 16.6. The molecule has 0 aliphatic heterocycles. The first-order chi connectivity index (χ1) is 16.3. The van der Waals surface area contributed by atoms with E-state index in [0.717, 1.165) is 44.1 Å². The van der Waals surface area contributed by atoms with Gasteiger partial charge in [0, 0.05) is 36.0 Å². The second-order valence-electron chi connectivity index (χ2n) is 9.85. The van der Waals surface area contributed by atoms with Crippen LogP contribution in [0, 0.1) is 6.92 Å². The van der Waals surface area contributed by atoms with Crippen molar-refractivity contribution < 1.29 is 9.59 Å². The van der Waals surface area contributed by atoms with E-state index in [4.69, 9.17) is 11.6 Å². The van der Waals surface area contributed by atoms with Crippen molar-refractivity contribution in [2.24, 2.45) is 0 Å². The van der Waals surface area contributed by atoms with E-state index in [9.17, 15) is 9.59 Å². The highest BCUT2D eigenvalue weighted by atomic mass is 35.5. The predicted molar refractivity (Wildman–Crippen MR) is 139 cm³/mol. The minimum atomic E-state index is -0.0857. The number of nitrogens with one attached hydrogen (secondary N) is 2. The Hall–Kier alpha value is -2.37. The summed E-state index contributed by atoms with van der Waals surface area (Å²) >= 11 is 5.89. The molecule has 2 N–H and O–H groups in total. The Morgan fingerprint density at radius 1 is 0.941 bits per heavy atom. The number of aryl methyl sites for hydroxylation is 1. The zero-order chi connectivity index (χ0) is 24.6. The monoisotopic (exact) mass is 483 g/mol. The SMILES string of the molecule is Cc1ccc(CC2(N(C)C)CCC(NC(=O)CCC(=O)NCCc3ccc(Cl)cc3)CC2)cc1. The largest absolute Gasteiger partial charge is 0.356 e. The molecule has 0 aromatic heterocycles. The molecule has 0 unspecified atom stereocenters. The maximum Gasteiger partial charge on any atom is 0.220 e. The Bertz CT molecular complexity index is 933. The van der Waals surface area contributed by atoms with Crippen molar-refractivity contribution in [3.8, 4) is 0 Å². The van der Waals surface area contributed by atoms with Crippen molar-refractivity contribution in [3.63, 3.8) is 0 Å². The third kappa shape index (κ3) is 7.85. The number of nitrogens with zero attached hydrogens (tertiary/aromatic N) is 1. The van der Waals surface area contributed by atoms with Gasteiger partial charge >= 0.3 is 0 Å². The van der Waals surface area contributed by atoms with E-state index in [-0.39, 0.29) is 36.2 Å². The highest BCUT2D eigenvalue weighted by Crippen LogP contribution is 2.35. The standard InChI is InChI=1S/C28H38ClN3O2/c1-21-4-6-23(7-5-21)20-28(32(2)3)17-14-25(15-18-28)31-27(34)13-12-26(33)30-19-16-22-8-10-24(29)11-9-22/h4-11,25H,12-20H2,1-3H3,(H,30,33)(H,31,34). The first kappa shape index (κ1) is 26.2. The molecule has 2 aromatic rings. The van der Waals surface area contributed by atoms with Crippen molar-refractivity contribution >= 4 is 23.4 Å². The quantitative estimate of drug-likeness (QED) is 0.515. The zero-order valence-electron chi connectivity index (χ0n) is 20.7. The van der Waals surface area contributed by atoms with Crippen LogP contribution in [0.15, 0.2) is 48.5 Å². The maximum absolute atomic E-state index is 12.4. The van der Waals surface area contributed by atoms with Gasteiger partial charge in [-0.2, -0.15) is 0 Å². The van der Waals surface area contributed by atoms with Gasteiger partial charge in [-0.25, -0.2) is 0 Å². The summed E-state index contributed by atoms with van der Waals surface area (Å²) in [6.45, 7) is 2.67. The Morgan fingerprint density at radius 3 is 2.15 bits per heavy atom. The first-order valence-corrected chi connectivity index (χ1v) is 12.7. The molecular formula is C28H38ClN3O2. The molecule has 0 saturated heterocycles. The van der Waals surface area contributed by atoms with Crippen LogP contribution in [-0.2, 0) is 22.4 Å². The number of carbonyl (C=O) groups is 2. The zero-order valence-corrected chi connectivity index (χ0v) is 21.5. The molecule has 0 atom stereocenters. The Labute approximate surface area is 209 Å². The van der Waals surface area contributed by atoms with Crippen LogP contribution in [0.25, 0.3) is 0 Å². The molecule has 3 rings (SSSR count). The van der Waals surface area contributed by atoms with Crippen LogP contribution in [0.2, 0.25) is 5.02 Å². The molecule has 0 bridgehead atoms. The number of likely N-dealkylation sites (N-methyl/N-ethyl adjacent to an activating group) is 1. The van der Waals surface area contributed by atoms with Gasteiger partial charge in [0.25, 0.3) is 0 Å². The third-order valence-corrected chi connectivity index (χ3v) is 7.36. The van der Waals surface area contributed by atoms with Gasteiger partial charge < -0.3 is 15.5 Å². The molecule has 1 aliphatic carbocycles. The van der Waals surface area contributed by atoms with Crippen LogP contribution in [0.3, 0.4) is 0 Å². The molecule has 34 heavy (non-hydrogen) atoms. The van der Waals surface area contributed by atoms with Crippen LogP contribution in [0.5, 0.6) is 0 Å². The highest BCUT2D eigenvalue weighted by Gasteiger charge is 2.37. The van der Waals surface area contributed by atoms with Gasteiger partial charge in [-0.1, -0.05) is 53.6 Å². The maximum atomic E-state index is 12.4. The Morgan fingerprint density at radius 2 is 1.53 bits per heavy atom. The van der Waals surface area contributed by atoms with Gasteiger partial charge in [0.2, 0.25) is 11.8 Å².